The Balaban J connectivity index is 3.55. The van der Waals surface area contributed by atoms with Gasteiger partial charge < -0.3 is 14.2 Å². The van der Waals surface area contributed by atoms with Gasteiger partial charge in [-0.1, -0.05) is 34.3 Å². The van der Waals surface area contributed by atoms with E-state index in [4.69, 9.17) is 14.2 Å². The minimum atomic E-state index is -0.527. The van der Waals surface area contributed by atoms with Gasteiger partial charge in [0.1, 0.15) is 23.6 Å². The first kappa shape index (κ1) is 21.7. The van der Waals surface area contributed by atoms with E-state index in [2.05, 4.69) is 11.7 Å². The van der Waals surface area contributed by atoms with Crippen molar-refractivity contribution < 1.29 is 19.0 Å². The van der Waals surface area contributed by atoms with Gasteiger partial charge >= 0.3 is 5.97 Å². The molecule has 0 unspecified atom stereocenters. The summed E-state index contributed by atoms with van der Waals surface area (Å²) in [6.07, 6.45) is 0. The number of rotatable bonds is 10. The molecular weight excluding hydrogens is 336 g/mol. The maximum atomic E-state index is 12.9. The predicted octanol–water partition coefficient (Wildman–Crippen LogP) is 2.97. The van der Waals surface area contributed by atoms with Crippen LogP contribution in [0.5, 0.6) is 5.75 Å². The molecule has 0 amide bonds. The summed E-state index contributed by atoms with van der Waals surface area (Å²) in [6, 6.07) is 0. The van der Waals surface area contributed by atoms with Gasteiger partial charge in [0.25, 0.3) is 5.56 Å². The normalized spacial score (nSPS) is 10.9. The third kappa shape index (κ3) is 5.61. The molecule has 26 heavy (non-hydrogen) atoms. The van der Waals surface area contributed by atoms with E-state index in [1.54, 1.807) is 6.92 Å². The third-order valence-electron chi connectivity index (χ3n) is 3.43. The van der Waals surface area contributed by atoms with Crippen LogP contribution in [0, 0.1) is 5.92 Å². The lowest BCUT2D eigenvalue weighted by Crippen LogP contribution is -2.32. The van der Waals surface area contributed by atoms with Crippen molar-refractivity contribution in [3.8, 4) is 5.75 Å². The summed E-state index contributed by atoms with van der Waals surface area (Å²) >= 11 is 0. The van der Waals surface area contributed by atoms with Gasteiger partial charge in [0.05, 0.1) is 19.8 Å². The highest BCUT2D eigenvalue weighted by Gasteiger charge is 2.25. The standard InChI is InChI=1S/C19H30N2O5/c1-8-24-14(7)16-18(26-11-12(3)4)17(13(5)6)20-21(19(16)23)10-15(22)25-9-2/h12-13H,7-11H2,1-6H3. The smallest absolute Gasteiger partial charge is 0.327 e. The summed E-state index contributed by atoms with van der Waals surface area (Å²) in [5, 5.41) is 4.36. The molecule has 7 nitrogen and oxygen atoms in total. The van der Waals surface area contributed by atoms with Crippen molar-refractivity contribution in [3.05, 3.63) is 28.2 Å². The fourth-order valence-corrected chi connectivity index (χ4v) is 2.28. The Morgan fingerprint density at radius 3 is 2.27 bits per heavy atom. The zero-order valence-electron chi connectivity index (χ0n) is 16.6. The fourth-order valence-electron chi connectivity index (χ4n) is 2.28. The van der Waals surface area contributed by atoms with Crippen molar-refractivity contribution in [1.82, 2.24) is 9.78 Å². The van der Waals surface area contributed by atoms with Gasteiger partial charge in [-0.05, 0) is 19.8 Å². The summed E-state index contributed by atoms with van der Waals surface area (Å²) in [5.41, 5.74) is 0.292. The number of carbonyl (C=O) groups excluding carboxylic acids is 1. The van der Waals surface area contributed by atoms with Crippen LogP contribution in [0.2, 0.25) is 0 Å². The highest BCUT2D eigenvalue weighted by molar-refractivity contribution is 5.69. The largest absolute Gasteiger partial charge is 0.494 e. The SMILES string of the molecule is C=C(OCC)c1c(OCC(C)C)c(C(C)C)nn(CC(=O)OCC)c1=O. The first-order chi connectivity index (χ1) is 12.2. The molecule has 0 aromatic carbocycles. The number of hydrogen-bond acceptors (Lipinski definition) is 6. The van der Waals surface area contributed by atoms with Crippen LogP contribution in [0.15, 0.2) is 11.4 Å². The Hall–Kier alpha value is -2.31. The molecule has 0 aliphatic carbocycles. The molecule has 0 N–H and O–H groups in total. The molecule has 0 atom stereocenters. The van der Waals surface area contributed by atoms with Crippen LogP contribution in [0.4, 0.5) is 0 Å². The maximum absolute atomic E-state index is 12.9. The van der Waals surface area contributed by atoms with E-state index in [1.807, 2.05) is 34.6 Å². The van der Waals surface area contributed by atoms with Crippen molar-refractivity contribution in [2.75, 3.05) is 19.8 Å². The number of ether oxygens (including phenoxy) is 3. The molecule has 0 radical (unpaired) electrons. The monoisotopic (exact) mass is 366 g/mol. The molecular formula is C19H30N2O5. The molecule has 0 bridgehead atoms. The van der Waals surface area contributed by atoms with Crippen LogP contribution < -0.4 is 10.3 Å². The number of hydrogen-bond donors (Lipinski definition) is 0. The average molecular weight is 366 g/mol. The maximum Gasteiger partial charge on any atom is 0.327 e. The Morgan fingerprint density at radius 2 is 1.77 bits per heavy atom. The van der Waals surface area contributed by atoms with Crippen molar-refractivity contribution in [2.45, 2.75) is 54.0 Å². The molecule has 1 aromatic heterocycles. The van der Waals surface area contributed by atoms with Crippen molar-refractivity contribution >= 4 is 11.7 Å². The highest BCUT2D eigenvalue weighted by Crippen LogP contribution is 2.30. The molecule has 0 aliphatic rings. The fraction of sp³-hybridized carbons (Fsp3) is 0.632. The van der Waals surface area contributed by atoms with Crippen molar-refractivity contribution in [3.63, 3.8) is 0 Å². The number of carbonyl (C=O) groups is 1. The summed E-state index contributed by atoms with van der Waals surface area (Å²) in [5.74, 6) is 0.292. The lowest BCUT2D eigenvalue weighted by Gasteiger charge is -2.20. The molecule has 146 valence electrons. The van der Waals surface area contributed by atoms with Crippen LogP contribution in [-0.4, -0.2) is 35.6 Å². The molecule has 1 aromatic rings. The number of esters is 1. The lowest BCUT2D eigenvalue weighted by atomic mass is 10.1. The van der Waals surface area contributed by atoms with Crippen molar-refractivity contribution in [2.24, 2.45) is 5.92 Å². The van der Waals surface area contributed by atoms with Gasteiger partial charge in [0.2, 0.25) is 0 Å². The second-order valence-corrected chi connectivity index (χ2v) is 6.57. The molecule has 0 saturated heterocycles. The molecule has 0 saturated carbocycles. The Morgan fingerprint density at radius 1 is 1.15 bits per heavy atom. The van der Waals surface area contributed by atoms with Crippen LogP contribution >= 0.6 is 0 Å². The Bertz CT molecular complexity index is 692. The van der Waals surface area contributed by atoms with Crippen LogP contribution in [-0.2, 0) is 20.8 Å². The quantitative estimate of drug-likeness (QED) is 0.468. The first-order valence-electron chi connectivity index (χ1n) is 8.98. The molecule has 1 rings (SSSR count). The second kappa shape index (κ2) is 9.99. The summed E-state index contributed by atoms with van der Waals surface area (Å²) in [4.78, 5) is 24.8. The summed E-state index contributed by atoms with van der Waals surface area (Å²) in [7, 11) is 0. The van der Waals surface area contributed by atoms with Gasteiger partial charge in [-0.15, -0.1) is 0 Å². The first-order valence-corrected chi connectivity index (χ1v) is 8.98. The summed E-state index contributed by atoms with van der Waals surface area (Å²) in [6.45, 7) is 16.0. The number of aromatic nitrogens is 2. The number of nitrogens with zero attached hydrogens (tertiary/aromatic N) is 2. The predicted molar refractivity (Wildman–Crippen MR) is 100 cm³/mol. The minimum Gasteiger partial charge on any atom is -0.494 e. The van der Waals surface area contributed by atoms with E-state index in [1.165, 1.54) is 0 Å². The molecule has 7 heteroatoms. The van der Waals surface area contributed by atoms with Gasteiger partial charge in [-0.25, -0.2) is 4.68 Å². The van der Waals surface area contributed by atoms with Crippen LogP contribution in [0.25, 0.3) is 5.76 Å². The van der Waals surface area contributed by atoms with E-state index >= 15 is 0 Å². The van der Waals surface area contributed by atoms with E-state index in [0.29, 0.717) is 24.7 Å². The van der Waals surface area contributed by atoms with E-state index in [-0.39, 0.29) is 36.3 Å². The van der Waals surface area contributed by atoms with Crippen LogP contribution in [0.1, 0.15) is 58.7 Å². The highest BCUT2D eigenvalue weighted by atomic mass is 16.5. The Kier molecular flexibility index (Phi) is 8.35. The van der Waals surface area contributed by atoms with Gasteiger partial charge in [-0.2, -0.15) is 5.10 Å². The van der Waals surface area contributed by atoms with Gasteiger partial charge in [0, 0.05) is 5.92 Å². The van der Waals surface area contributed by atoms with Gasteiger partial charge in [-0.3, -0.25) is 9.59 Å². The molecule has 0 spiro atoms. The average Bonchev–Trinajstić information content (AvgIpc) is 2.54. The topological polar surface area (TPSA) is 79.7 Å². The molecule has 0 aliphatic heterocycles. The van der Waals surface area contributed by atoms with Crippen molar-refractivity contribution in [1.29, 1.82) is 0 Å². The van der Waals surface area contributed by atoms with E-state index in [9.17, 15) is 9.59 Å². The molecule has 1 heterocycles. The Labute approximate surface area is 154 Å². The third-order valence-corrected chi connectivity index (χ3v) is 3.43. The van der Waals surface area contributed by atoms with E-state index < -0.39 is 11.5 Å². The lowest BCUT2D eigenvalue weighted by molar-refractivity contribution is -0.144. The van der Waals surface area contributed by atoms with Crippen LogP contribution in [0.3, 0.4) is 0 Å². The molecule has 0 fully saturated rings. The van der Waals surface area contributed by atoms with Gasteiger partial charge in [0.15, 0.2) is 5.75 Å². The summed E-state index contributed by atoms with van der Waals surface area (Å²) < 4.78 is 17.4. The minimum absolute atomic E-state index is 0.0283. The zero-order chi connectivity index (χ0) is 19.9. The zero-order valence-corrected chi connectivity index (χ0v) is 16.6. The van der Waals surface area contributed by atoms with E-state index in [0.717, 1.165) is 4.68 Å². The second-order valence-electron chi connectivity index (χ2n) is 6.57.